The standard InChI is InChI=1S/C12H24N4O2/c1-12(5-6-16(4)9-12)8-14-10(17)7-13-11(18)15(2)3/h5-9H2,1-4H3,(H,13,18)(H,14,17)/t12-/m0/s1. The van der Waals surface area contributed by atoms with Crippen LogP contribution in [0.3, 0.4) is 0 Å². The third-order valence-electron chi connectivity index (χ3n) is 3.27. The number of nitrogens with zero attached hydrogens (tertiary/aromatic N) is 2. The molecule has 2 N–H and O–H groups in total. The molecular weight excluding hydrogens is 232 g/mol. The van der Waals surface area contributed by atoms with E-state index in [1.54, 1.807) is 14.1 Å². The zero-order chi connectivity index (χ0) is 13.8. The smallest absolute Gasteiger partial charge is 0.317 e. The molecule has 1 saturated heterocycles. The van der Waals surface area contributed by atoms with Crippen LogP contribution >= 0.6 is 0 Å². The quantitative estimate of drug-likeness (QED) is 0.727. The molecular formula is C12H24N4O2. The summed E-state index contributed by atoms with van der Waals surface area (Å²) in [5, 5.41) is 5.42. The number of hydrogen-bond donors (Lipinski definition) is 2. The fraction of sp³-hybridized carbons (Fsp3) is 0.833. The number of rotatable bonds is 4. The molecule has 0 radical (unpaired) electrons. The molecule has 0 aromatic heterocycles. The molecule has 18 heavy (non-hydrogen) atoms. The van der Waals surface area contributed by atoms with E-state index >= 15 is 0 Å². The molecule has 1 heterocycles. The van der Waals surface area contributed by atoms with Crippen LogP contribution in [-0.4, -0.2) is 69.1 Å². The summed E-state index contributed by atoms with van der Waals surface area (Å²) in [6, 6.07) is -0.253. The van der Waals surface area contributed by atoms with Crippen LogP contribution in [0.4, 0.5) is 4.79 Å². The van der Waals surface area contributed by atoms with Gasteiger partial charge >= 0.3 is 6.03 Å². The Morgan fingerprint density at radius 3 is 2.50 bits per heavy atom. The lowest BCUT2D eigenvalue weighted by Gasteiger charge is -2.24. The third kappa shape index (κ3) is 4.52. The molecule has 6 nitrogen and oxygen atoms in total. The van der Waals surface area contributed by atoms with Crippen molar-refractivity contribution in [3.05, 3.63) is 0 Å². The van der Waals surface area contributed by atoms with Gasteiger partial charge in [0.15, 0.2) is 0 Å². The Labute approximate surface area is 109 Å². The van der Waals surface area contributed by atoms with Crippen LogP contribution in [-0.2, 0) is 4.79 Å². The van der Waals surface area contributed by atoms with E-state index in [0.717, 1.165) is 19.5 Å². The van der Waals surface area contributed by atoms with E-state index < -0.39 is 0 Å². The van der Waals surface area contributed by atoms with Gasteiger partial charge in [0.2, 0.25) is 5.91 Å². The minimum absolute atomic E-state index is 0.0307. The number of amides is 3. The van der Waals surface area contributed by atoms with E-state index in [4.69, 9.17) is 0 Å². The van der Waals surface area contributed by atoms with Gasteiger partial charge in [-0.25, -0.2) is 4.79 Å². The van der Waals surface area contributed by atoms with Crippen molar-refractivity contribution in [2.75, 3.05) is 47.3 Å². The minimum atomic E-state index is -0.253. The average Bonchev–Trinajstić information content (AvgIpc) is 2.64. The summed E-state index contributed by atoms with van der Waals surface area (Å²) in [5.41, 5.74) is 0.149. The number of carbonyl (C=O) groups is 2. The van der Waals surface area contributed by atoms with Gasteiger partial charge in [-0.2, -0.15) is 0 Å². The van der Waals surface area contributed by atoms with Crippen molar-refractivity contribution in [3.8, 4) is 0 Å². The van der Waals surface area contributed by atoms with E-state index in [2.05, 4.69) is 29.5 Å². The summed E-state index contributed by atoms with van der Waals surface area (Å²) in [4.78, 5) is 26.5. The number of likely N-dealkylation sites (tertiary alicyclic amines) is 1. The maximum Gasteiger partial charge on any atom is 0.317 e. The summed E-state index contributed by atoms with van der Waals surface area (Å²) in [6.45, 7) is 4.94. The first-order chi connectivity index (χ1) is 8.32. The van der Waals surface area contributed by atoms with Gasteiger partial charge in [0.25, 0.3) is 0 Å². The van der Waals surface area contributed by atoms with E-state index in [9.17, 15) is 9.59 Å². The molecule has 1 aliphatic rings. The van der Waals surface area contributed by atoms with Gasteiger partial charge in [-0.15, -0.1) is 0 Å². The van der Waals surface area contributed by atoms with Gasteiger partial charge in [-0.05, 0) is 25.4 Å². The number of nitrogens with one attached hydrogen (secondary N) is 2. The zero-order valence-corrected chi connectivity index (χ0v) is 11.7. The molecule has 0 aromatic rings. The van der Waals surface area contributed by atoms with Crippen molar-refractivity contribution in [1.29, 1.82) is 0 Å². The van der Waals surface area contributed by atoms with Crippen molar-refractivity contribution >= 4 is 11.9 Å². The van der Waals surface area contributed by atoms with Crippen LogP contribution in [0.1, 0.15) is 13.3 Å². The monoisotopic (exact) mass is 256 g/mol. The largest absolute Gasteiger partial charge is 0.354 e. The van der Waals surface area contributed by atoms with E-state index in [1.165, 1.54) is 4.90 Å². The average molecular weight is 256 g/mol. The predicted octanol–water partition coefficient (Wildman–Crippen LogP) is -0.284. The second-order valence-corrected chi connectivity index (χ2v) is 5.63. The van der Waals surface area contributed by atoms with Crippen LogP contribution in [0.15, 0.2) is 0 Å². The maximum atomic E-state index is 11.6. The molecule has 0 saturated carbocycles. The summed E-state index contributed by atoms with van der Waals surface area (Å²) >= 11 is 0. The fourth-order valence-corrected chi connectivity index (χ4v) is 2.10. The van der Waals surface area contributed by atoms with E-state index in [0.29, 0.717) is 6.54 Å². The fourth-order valence-electron chi connectivity index (χ4n) is 2.10. The minimum Gasteiger partial charge on any atom is -0.354 e. The molecule has 1 atom stereocenters. The summed E-state index contributed by atoms with van der Waals surface area (Å²) < 4.78 is 0. The van der Waals surface area contributed by atoms with Crippen LogP contribution in [0, 0.1) is 5.41 Å². The van der Waals surface area contributed by atoms with Gasteiger partial charge in [-0.1, -0.05) is 6.92 Å². The normalized spacial score (nSPS) is 23.8. The molecule has 1 fully saturated rings. The van der Waals surface area contributed by atoms with Crippen molar-refractivity contribution < 1.29 is 9.59 Å². The molecule has 104 valence electrons. The van der Waals surface area contributed by atoms with Gasteiger partial charge in [0, 0.05) is 27.2 Å². The van der Waals surface area contributed by atoms with E-state index in [-0.39, 0.29) is 23.9 Å². The lowest BCUT2D eigenvalue weighted by Crippen LogP contribution is -2.44. The van der Waals surface area contributed by atoms with Crippen LogP contribution in [0.25, 0.3) is 0 Å². The highest BCUT2D eigenvalue weighted by Crippen LogP contribution is 2.27. The Kier molecular flexibility index (Phi) is 4.95. The van der Waals surface area contributed by atoms with Gasteiger partial charge in [0.05, 0.1) is 6.54 Å². The Bertz CT molecular complexity index is 319. The van der Waals surface area contributed by atoms with Crippen LogP contribution in [0.5, 0.6) is 0 Å². The Morgan fingerprint density at radius 1 is 1.33 bits per heavy atom. The van der Waals surface area contributed by atoms with Crippen molar-refractivity contribution in [2.24, 2.45) is 5.41 Å². The molecule has 0 aromatic carbocycles. The van der Waals surface area contributed by atoms with Crippen molar-refractivity contribution in [2.45, 2.75) is 13.3 Å². The zero-order valence-electron chi connectivity index (χ0n) is 11.7. The Hall–Kier alpha value is -1.30. The lowest BCUT2D eigenvalue weighted by molar-refractivity contribution is -0.120. The van der Waals surface area contributed by atoms with Gasteiger partial charge < -0.3 is 20.4 Å². The van der Waals surface area contributed by atoms with Gasteiger partial charge in [-0.3, -0.25) is 4.79 Å². The number of hydrogen-bond acceptors (Lipinski definition) is 3. The second-order valence-electron chi connectivity index (χ2n) is 5.63. The van der Waals surface area contributed by atoms with Crippen molar-refractivity contribution in [1.82, 2.24) is 20.4 Å². The highest BCUT2D eigenvalue weighted by Gasteiger charge is 2.32. The second kappa shape index (κ2) is 6.04. The van der Waals surface area contributed by atoms with Gasteiger partial charge in [0.1, 0.15) is 0 Å². The first-order valence-corrected chi connectivity index (χ1v) is 6.23. The highest BCUT2D eigenvalue weighted by molar-refractivity contribution is 5.83. The molecule has 1 rings (SSSR count). The highest BCUT2D eigenvalue weighted by atomic mass is 16.2. The summed E-state index contributed by atoms with van der Waals surface area (Å²) in [6.07, 6.45) is 1.09. The third-order valence-corrected chi connectivity index (χ3v) is 3.27. The Morgan fingerprint density at radius 2 is 2.00 bits per heavy atom. The van der Waals surface area contributed by atoms with E-state index in [1.807, 2.05) is 0 Å². The predicted molar refractivity (Wildman–Crippen MR) is 70.3 cm³/mol. The van der Waals surface area contributed by atoms with Crippen LogP contribution in [0.2, 0.25) is 0 Å². The summed E-state index contributed by atoms with van der Waals surface area (Å²) in [7, 11) is 5.37. The van der Waals surface area contributed by atoms with Crippen molar-refractivity contribution in [3.63, 3.8) is 0 Å². The lowest BCUT2D eigenvalue weighted by atomic mass is 9.90. The molecule has 0 bridgehead atoms. The maximum absolute atomic E-state index is 11.6. The number of carbonyl (C=O) groups excluding carboxylic acids is 2. The topological polar surface area (TPSA) is 64.7 Å². The molecule has 3 amide bonds. The first kappa shape index (κ1) is 14.8. The molecule has 1 aliphatic heterocycles. The molecule has 0 aliphatic carbocycles. The molecule has 6 heteroatoms. The summed E-state index contributed by atoms with van der Waals surface area (Å²) in [5.74, 6) is -0.138. The molecule has 0 unspecified atom stereocenters. The Balaban J connectivity index is 2.23. The SMILES string of the molecule is CN1CC[C@@](C)(CNC(=O)CNC(=O)N(C)C)C1. The number of urea groups is 1. The van der Waals surface area contributed by atoms with Crippen LogP contribution < -0.4 is 10.6 Å². The first-order valence-electron chi connectivity index (χ1n) is 6.23. The molecule has 0 spiro atoms.